The van der Waals surface area contributed by atoms with E-state index in [1.807, 2.05) is 38.1 Å². The second kappa shape index (κ2) is 4.92. The molecule has 0 aliphatic carbocycles. The maximum absolute atomic E-state index is 12.2. The molecule has 0 spiro atoms. The molecule has 1 aromatic carbocycles. The van der Waals surface area contributed by atoms with Crippen molar-refractivity contribution in [3.05, 3.63) is 36.1 Å². The molecule has 1 N–H and O–H groups in total. The molecule has 2 heterocycles. The van der Waals surface area contributed by atoms with Crippen LogP contribution in [-0.4, -0.2) is 30.9 Å². The molecule has 1 amide bonds. The predicted molar refractivity (Wildman–Crippen MR) is 73.5 cm³/mol. The topological polar surface area (TPSA) is 60.7 Å². The minimum absolute atomic E-state index is 0.118. The average Bonchev–Trinajstić information content (AvgIpc) is 2.99. The summed E-state index contributed by atoms with van der Waals surface area (Å²) in [5.41, 5.74) is 1.25. The van der Waals surface area contributed by atoms with Gasteiger partial charge in [0, 0.05) is 11.9 Å². The molecule has 0 radical (unpaired) electrons. The van der Waals surface area contributed by atoms with Crippen LogP contribution in [0.1, 0.15) is 24.2 Å². The number of fused-ring (bicyclic) bond motifs is 1. The summed E-state index contributed by atoms with van der Waals surface area (Å²) in [6.45, 7) is 4.62. The first-order chi connectivity index (χ1) is 9.55. The highest BCUT2D eigenvalue weighted by Gasteiger charge is 2.32. The van der Waals surface area contributed by atoms with Crippen molar-refractivity contribution in [2.45, 2.75) is 25.7 Å². The van der Waals surface area contributed by atoms with Crippen molar-refractivity contribution < 1.29 is 18.7 Å². The van der Waals surface area contributed by atoms with Gasteiger partial charge in [0.25, 0.3) is 5.91 Å². The van der Waals surface area contributed by atoms with E-state index in [1.54, 1.807) is 0 Å². The summed E-state index contributed by atoms with van der Waals surface area (Å²) in [6, 6.07) is 7.46. The van der Waals surface area contributed by atoms with Crippen LogP contribution in [0.3, 0.4) is 0 Å². The molecule has 1 atom stereocenters. The Kier molecular flexibility index (Phi) is 3.23. The number of rotatable bonds is 3. The summed E-state index contributed by atoms with van der Waals surface area (Å²) in [7, 11) is 0. The van der Waals surface area contributed by atoms with Crippen LogP contribution in [0, 0.1) is 0 Å². The lowest BCUT2D eigenvalue weighted by Gasteiger charge is -2.17. The van der Waals surface area contributed by atoms with Crippen LogP contribution in [0.4, 0.5) is 0 Å². The second-order valence-corrected chi connectivity index (χ2v) is 5.31. The molecule has 1 aromatic heterocycles. The fourth-order valence-corrected chi connectivity index (χ4v) is 2.32. The van der Waals surface area contributed by atoms with Crippen LogP contribution in [-0.2, 0) is 9.47 Å². The Morgan fingerprint density at radius 3 is 2.95 bits per heavy atom. The number of carbonyl (C=O) groups is 1. The zero-order valence-corrected chi connectivity index (χ0v) is 11.5. The number of hydrogen-bond acceptors (Lipinski definition) is 4. The van der Waals surface area contributed by atoms with Crippen molar-refractivity contribution in [1.29, 1.82) is 0 Å². The summed E-state index contributed by atoms with van der Waals surface area (Å²) >= 11 is 0. The molecule has 1 aliphatic rings. The van der Waals surface area contributed by atoms with Gasteiger partial charge in [0.2, 0.25) is 0 Å². The van der Waals surface area contributed by atoms with Gasteiger partial charge in [-0.25, -0.2) is 0 Å². The summed E-state index contributed by atoms with van der Waals surface area (Å²) < 4.78 is 16.5. The van der Waals surface area contributed by atoms with E-state index in [2.05, 4.69) is 5.32 Å². The molecule has 106 valence electrons. The highest BCUT2D eigenvalue weighted by atomic mass is 16.7. The molecule has 20 heavy (non-hydrogen) atoms. The van der Waals surface area contributed by atoms with Gasteiger partial charge >= 0.3 is 0 Å². The van der Waals surface area contributed by atoms with Gasteiger partial charge in [0.05, 0.1) is 12.2 Å². The fourth-order valence-electron chi connectivity index (χ4n) is 2.32. The number of para-hydroxylation sites is 1. The molecule has 1 unspecified atom stereocenters. The maximum atomic E-state index is 12.2. The van der Waals surface area contributed by atoms with E-state index in [9.17, 15) is 4.79 Å². The van der Waals surface area contributed by atoms with E-state index in [4.69, 9.17) is 13.9 Å². The largest absolute Gasteiger partial charge is 0.463 e. The third kappa shape index (κ3) is 2.55. The molecule has 0 bridgehead atoms. The standard InChI is InChI=1S/C15H17NO4/c1-15(2)19-8-10(20-15)7-16-14(17)12-9-18-13-6-4-3-5-11(12)13/h3-6,9-10H,7-8H2,1-2H3,(H,16,17). The van der Waals surface area contributed by atoms with Crippen LogP contribution in [0.25, 0.3) is 11.0 Å². The van der Waals surface area contributed by atoms with E-state index in [1.165, 1.54) is 6.26 Å². The van der Waals surface area contributed by atoms with Crippen LogP contribution < -0.4 is 5.32 Å². The molecule has 1 fully saturated rings. The van der Waals surface area contributed by atoms with Crippen molar-refractivity contribution >= 4 is 16.9 Å². The molecule has 1 saturated heterocycles. The molecule has 0 saturated carbocycles. The van der Waals surface area contributed by atoms with Crippen molar-refractivity contribution in [1.82, 2.24) is 5.32 Å². The highest BCUT2D eigenvalue weighted by molar-refractivity contribution is 6.05. The van der Waals surface area contributed by atoms with E-state index in [0.717, 1.165) is 5.39 Å². The molecular formula is C15H17NO4. The van der Waals surface area contributed by atoms with E-state index in [-0.39, 0.29) is 12.0 Å². The first-order valence-electron chi connectivity index (χ1n) is 6.61. The number of benzene rings is 1. The van der Waals surface area contributed by atoms with Gasteiger partial charge in [-0.15, -0.1) is 0 Å². The second-order valence-electron chi connectivity index (χ2n) is 5.31. The number of carbonyl (C=O) groups excluding carboxylic acids is 1. The Hall–Kier alpha value is -1.85. The normalized spacial score (nSPS) is 21.2. The van der Waals surface area contributed by atoms with Crippen LogP contribution in [0.15, 0.2) is 34.9 Å². The van der Waals surface area contributed by atoms with Crippen molar-refractivity contribution in [2.75, 3.05) is 13.2 Å². The average molecular weight is 275 g/mol. The van der Waals surface area contributed by atoms with Crippen LogP contribution in [0.2, 0.25) is 0 Å². The minimum Gasteiger partial charge on any atom is -0.463 e. The third-order valence-electron chi connectivity index (χ3n) is 3.28. The van der Waals surface area contributed by atoms with Gasteiger partial charge in [0.1, 0.15) is 18.0 Å². The first kappa shape index (κ1) is 13.1. The van der Waals surface area contributed by atoms with Crippen molar-refractivity contribution in [2.24, 2.45) is 0 Å². The quantitative estimate of drug-likeness (QED) is 0.933. The lowest BCUT2D eigenvalue weighted by Crippen LogP contribution is -2.34. The molecule has 2 aromatic rings. The summed E-state index contributed by atoms with van der Waals surface area (Å²) in [5.74, 6) is -0.735. The van der Waals surface area contributed by atoms with Crippen LogP contribution >= 0.6 is 0 Å². The van der Waals surface area contributed by atoms with Gasteiger partial charge in [-0.05, 0) is 19.9 Å². The number of ether oxygens (including phenoxy) is 2. The Morgan fingerprint density at radius 1 is 1.40 bits per heavy atom. The smallest absolute Gasteiger partial charge is 0.255 e. The van der Waals surface area contributed by atoms with E-state index < -0.39 is 5.79 Å². The Morgan fingerprint density at radius 2 is 2.20 bits per heavy atom. The first-order valence-corrected chi connectivity index (χ1v) is 6.61. The molecule has 3 rings (SSSR count). The zero-order valence-electron chi connectivity index (χ0n) is 11.5. The molecular weight excluding hydrogens is 258 g/mol. The zero-order chi connectivity index (χ0) is 14.2. The Bertz CT molecular complexity index is 632. The molecule has 5 heteroatoms. The van der Waals surface area contributed by atoms with Gasteiger partial charge in [0.15, 0.2) is 5.79 Å². The molecule has 1 aliphatic heterocycles. The summed E-state index contributed by atoms with van der Waals surface area (Å²) in [4.78, 5) is 12.2. The third-order valence-corrected chi connectivity index (χ3v) is 3.28. The monoisotopic (exact) mass is 275 g/mol. The van der Waals surface area contributed by atoms with Crippen LogP contribution in [0.5, 0.6) is 0 Å². The number of nitrogens with one attached hydrogen (secondary N) is 1. The maximum Gasteiger partial charge on any atom is 0.255 e. The number of furan rings is 1. The van der Waals surface area contributed by atoms with Gasteiger partial charge < -0.3 is 19.2 Å². The Balaban J connectivity index is 1.65. The highest BCUT2D eigenvalue weighted by Crippen LogP contribution is 2.23. The van der Waals surface area contributed by atoms with Gasteiger partial charge in [-0.1, -0.05) is 18.2 Å². The van der Waals surface area contributed by atoms with Gasteiger partial charge in [-0.3, -0.25) is 4.79 Å². The van der Waals surface area contributed by atoms with E-state index in [0.29, 0.717) is 24.3 Å². The van der Waals surface area contributed by atoms with Gasteiger partial charge in [-0.2, -0.15) is 0 Å². The minimum atomic E-state index is -0.572. The number of hydrogen-bond donors (Lipinski definition) is 1. The van der Waals surface area contributed by atoms with Crippen molar-refractivity contribution in [3.63, 3.8) is 0 Å². The SMILES string of the molecule is CC1(C)OCC(CNC(=O)c2coc3ccccc23)O1. The summed E-state index contributed by atoms with van der Waals surface area (Å²) in [5, 5.41) is 3.67. The predicted octanol–water partition coefficient (Wildman–Crippen LogP) is 2.31. The lowest BCUT2D eigenvalue weighted by molar-refractivity contribution is -0.137. The van der Waals surface area contributed by atoms with Crippen molar-refractivity contribution in [3.8, 4) is 0 Å². The van der Waals surface area contributed by atoms with E-state index >= 15 is 0 Å². The fraction of sp³-hybridized carbons (Fsp3) is 0.400. The number of amides is 1. The molecule has 5 nitrogen and oxygen atoms in total. The Labute approximate surface area is 116 Å². The lowest BCUT2D eigenvalue weighted by atomic mass is 10.1. The summed E-state index contributed by atoms with van der Waals surface area (Å²) in [6.07, 6.45) is 1.36.